The molecule has 1 N–H and O–H groups in total. The van der Waals surface area contributed by atoms with Crippen LogP contribution in [0.15, 0.2) is 42.5 Å². The fraction of sp³-hybridized carbons (Fsp3) is 0.444. The van der Waals surface area contributed by atoms with Crippen LogP contribution in [-0.2, 0) is 0 Å². The van der Waals surface area contributed by atoms with Gasteiger partial charge < -0.3 is 10.0 Å². The molecule has 0 saturated carbocycles. The molecule has 0 spiro atoms. The summed E-state index contributed by atoms with van der Waals surface area (Å²) in [7, 11) is 2.08. The van der Waals surface area contributed by atoms with Gasteiger partial charge in [-0.3, -0.25) is 0 Å². The summed E-state index contributed by atoms with van der Waals surface area (Å²) >= 11 is 0. The Kier molecular flexibility index (Phi) is 5.16. The van der Waals surface area contributed by atoms with Crippen LogP contribution in [0.25, 0.3) is 10.8 Å². The van der Waals surface area contributed by atoms with Crippen LogP contribution in [0.3, 0.4) is 0 Å². The van der Waals surface area contributed by atoms with Gasteiger partial charge in [-0.1, -0.05) is 62.7 Å². The summed E-state index contributed by atoms with van der Waals surface area (Å²) in [6.45, 7) is 6.16. The summed E-state index contributed by atoms with van der Waals surface area (Å²) in [6.07, 6.45) is 0.740. The molecule has 2 aromatic carbocycles. The van der Waals surface area contributed by atoms with Crippen molar-refractivity contribution in [2.24, 2.45) is 5.92 Å². The highest BCUT2D eigenvalue weighted by Crippen LogP contribution is 2.24. The van der Waals surface area contributed by atoms with E-state index in [1.54, 1.807) is 0 Å². The Morgan fingerprint density at radius 1 is 1.05 bits per heavy atom. The molecule has 20 heavy (non-hydrogen) atoms. The summed E-state index contributed by atoms with van der Waals surface area (Å²) in [5.41, 5.74) is 1.03. The van der Waals surface area contributed by atoms with Gasteiger partial charge in [-0.05, 0) is 29.3 Å². The smallest absolute Gasteiger partial charge is 0.0922 e. The topological polar surface area (TPSA) is 23.5 Å². The molecule has 0 aliphatic carbocycles. The predicted octanol–water partition coefficient (Wildman–Crippen LogP) is 3.85. The lowest BCUT2D eigenvalue weighted by atomic mass is 10.00. The highest BCUT2D eigenvalue weighted by Gasteiger charge is 2.14. The monoisotopic (exact) mass is 271 g/mol. The van der Waals surface area contributed by atoms with Crippen LogP contribution in [0.1, 0.15) is 31.9 Å². The van der Waals surface area contributed by atoms with Gasteiger partial charge >= 0.3 is 0 Å². The van der Waals surface area contributed by atoms with E-state index in [9.17, 15) is 5.11 Å². The van der Waals surface area contributed by atoms with Gasteiger partial charge in [0.05, 0.1) is 6.10 Å². The van der Waals surface area contributed by atoms with Gasteiger partial charge in [0.25, 0.3) is 0 Å². The van der Waals surface area contributed by atoms with Gasteiger partial charge in [-0.2, -0.15) is 0 Å². The van der Waals surface area contributed by atoms with Crippen molar-refractivity contribution in [2.45, 2.75) is 26.4 Å². The summed E-state index contributed by atoms with van der Waals surface area (Å²) < 4.78 is 0. The Morgan fingerprint density at radius 2 is 1.75 bits per heavy atom. The van der Waals surface area contributed by atoms with E-state index in [0.717, 1.165) is 17.5 Å². The fourth-order valence-corrected chi connectivity index (χ4v) is 2.67. The van der Waals surface area contributed by atoms with Crippen molar-refractivity contribution in [1.82, 2.24) is 4.90 Å². The van der Waals surface area contributed by atoms with Crippen molar-refractivity contribution in [3.63, 3.8) is 0 Å². The van der Waals surface area contributed by atoms with E-state index in [4.69, 9.17) is 0 Å². The summed E-state index contributed by atoms with van der Waals surface area (Å²) in [4.78, 5) is 2.22. The Labute approximate surface area is 122 Å². The predicted molar refractivity (Wildman–Crippen MR) is 85.9 cm³/mol. The van der Waals surface area contributed by atoms with Gasteiger partial charge in [0, 0.05) is 13.1 Å². The lowest BCUT2D eigenvalue weighted by Crippen LogP contribution is -2.28. The molecule has 2 heteroatoms. The zero-order valence-electron chi connectivity index (χ0n) is 12.7. The molecule has 0 amide bonds. The molecule has 0 aromatic heterocycles. The van der Waals surface area contributed by atoms with E-state index in [-0.39, 0.29) is 0 Å². The summed E-state index contributed by atoms with van der Waals surface area (Å²) in [6, 6.07) is 14.4. The molecule has 2 aromatic rings. The highest BCUT2D eigenvalue weighted by molar-refractivity contribution is 5.85. The van der Waals surface area contributed by atoms with Crippen LogP contribution in [0.5, 0.6) is 0 Å². The van der Waals surface area contributed by atoms with Gasteiger partial charge in [0.2, 0.25) is 0 Å². The van der Waals surface area contributed by atoms with Crippen LogP contribution in [-0.4, -0.2) is 30.1 Å². The Hall–Kier alpha value is -1.38. The normalized spacial score (nSPS) is 14.7. The molecule has 0 aliphatic rings. The number of rotatable bonds is 6. The molecule has 2 rings (SSSR count). The van der Waals surface area contributed by atoms with Gasteiger partial charge in [-0.25, -0.2) is 0 Å². The van der Waals surface area contributed by atoms with E-state index >= 15 is 0 Å². The van der Waals surface area contributed by atoms with Crippen molar-refractivity contribution >= 4 is 10.8 Å². The standard InChI is InChI=1S/C18H25NO/c1-4-14(2)12-19(3)13-18(20)17-11-7-9-15-8-5-6-10-16(15)17/h5-11,14,18,20H,4,12-13H2,1-3H3. The number of nitrogens with zero attached hydrogens (tertiary/aromatic N) is 1. The molecule has 0 heterocycles. The van der Waals surface area contributed by atoms with Crippen molar-refractivity contribution in [3.05, 3.63) is 48.0 Å². The Bertz CT molecular complexity index is 547. The van der Waals surface area contributed by atoms with Crippen molar-refractivity contribution in [3.8, 4) is 0 Å². The van der Waals surface area contributed by atoms with Gasteiger partial charge in [0.15, 0.2) is 0 Å². The first-order valence-electron chi connectivity index (χ1n) is 7.46. The highest BCUT2D eigenvalue weighted by atomic mass is 16.3. The number of likely N-dealkylation sites (N-methyl/N-ethyl adjacent to an activating group) is 1. The third-order valence-corrected chi connectivity index (χ3v) is 3.99. The molecule has 2 atom stereocenters. The van der Waals surface area contributed by atoms with Crippen LogP contribution in [0.2, 0.25) is 0 Å². The Morgan fingerprint density at radius 3 is 2.50 bits per heavy atom. The second-order valence-electron chi connectivity index (χ2n) is 5.82. The number of fused-ring (bicyclic) bond motifs is 1. The number of aliphatic hydroxyl groups excluding tert-OH is 1. The minimum Gasteiger partial charge on any atom is -0.387 e. The lowest BCUT2D eigenvalue weighted by molar-refractivity contribution is 0.120. The maximum absolute atomic E-state index is 10.5. The fourth-order valence-electron chi connectivity index (χ4n) is 2.67. The average molecular weight is 271 g/mol. The molecule has 2 nitrogen and oxygen atoms in total. The molecular weight excluding hydrogens is 246 g/mol. The number of hydrogen-bond acceptors (Lipinski definition) is 2. The van der Waals surface area contributed by atoms with Crippen LogP contribution >= 0.6 is 0 Å². The average Bonchev–Trinajstić information content (AvgIpc) is 2.46. The summed E-state index contributed by atoms with van der Waals surface area (Å²) in [5, 5.41) is 12.9. The molecule has 108 valence electrons. The lowest BCUT2D eigenvalue weighted by Gasteiger charge is -2.24. The second-order valence-corrected chi connectivity index (χ2v) is 5.82. The molecule has 2 unspecified atom stereocenters. The van der Waals surface area contributed by atoms with Gasteiger partial charge in [-0.15, -0.1) is 0 Å². The van der Waals surface area contributed by atoms with E-state index in [1.165, 1.54) is 11.8 Å². The molecule has 0 fully saturated rings. The van der Waals surface area contributed by atoms with E-state index in [0.29, 0.717) is 12.5 Å². The third-order valence-electron chi connectivity index (χ3n) is 3.99. The number of hydrogen-bond donors (Lipinski definition) is 1. The van der Waals surface area contributed by atoms with Crippen LogP contribution in [0.4, 0.5) is 0 Å². The van der Waals surface area contributed by atoms with Gasteiger partial charge in [0.1, 0.15) is 0 Å². The SMILES string of the molecule is CCC(C)CN(C)CC(O)c1cccc2ccccc12. The van der Waals surface area contributed by atoms with E-state index in [1.807, 2.05) is 24.3 Å². The number of benzene rings is 2. The minimum atomic E-state index is -0.435. The molecular formula is C18H25NO. The Balaban J connectivity index is 2.13. The molecule has 0 saturated heterocycles. The number of aliphatic hydroxyl groups is 1. The zero-order chi connectivity index (χ0) is 14.5. The maximum Gasteiger partial charge on any atom is 0.0922 e. The van der Waals surface area contributed by atoms with Crippen LogP contribution in [0, 0.1) is 5.92 Å². The zero-order valence-corrected chi connectivity index (χ0v) is 12.7. The largest absolute Gasteiger partial charge is 0.387 e. The first kappa shape index (κ1) is 15.0. The first-order chi connectivity index (χ1) is 9.61. The van der Waals surface area contributed by atoms with Crippen molar-refractivity contribution in [2.75, 3.05) is 20.1 Å². The first-order valence-corrected chi connectivity index (χ1v) is 7.46. The third kappa shape index (κ3) is 3.59. The van der Waals surface area contributed by atoms with Crippen molar-refractivity contribution < 1.29 is 5.11 Å². The molecule has 0 bridgehead atoms. The summed E-state index contributed by atoms with van der Waals surface area (Å²) in [5.74, 6) is 0.666. The second kappa shape index (κ2) is 6.87. The minimum absolute atomic E-state index is 0.435. The molecule has 0 radical (unpaired) electrons. The maximum atomic E-state index is 10.5. The van der Waals surface area contributed by atoms with Crippen LogP contribution < -0.4 is 0 Å². The molecule has 0 aliphatic heterocycles. The van der Waals surface area contributed by atoms with E-state index in [2.05, 4.69) is 44.0 Å². The quantitative estimate of drug-likeness (QED) is 0.862. The van der Waals surface area contributed by atoms with Crippen molar-refractivity contribution in [1.29, 1.82) is 0 Å². The van der Waals surface area contributed by atoms with E-state index < -0.39 is 6.10 Å².